The van der Waals surface area contributed by atoms with Crippen LogP contribution >= 0.6 is 11.8 Å². The van der Waals surface area contributed by atoms with Gasteiger partial charge in [0.25, 0.3) is 5.56 Å². The van der Waals surface area contributed by atoms with Gasteiger partial charge in [0.2, 0.25) is 5.95 Å². The van der Waals surface area contributed by atoms with Gasteiger partial charge in [-0.3, -0.25) is 9.78 Å². The number of nitrogens with one attached hydrogen (secondary N) is 3. The van der Waals surface area contributed by atoms with Crippen LogP contribution < -0.4 is 10.9 Å². The van der Waals surface area contributed by atoms with Crippen molar-refractivity contribution in [2.45, 2.75) is 26.0 Å². The average molecular weight is 369 g/mol. The maximum atomic E-state index is 12.3. The van der Waals surface area contributed by atoms with Gasteiger partial charge in [-0.1, -0.05) is 29.8 Å². The monoisotopic (exact) mass is 369 g/mol. The molecule has 3 rings (SSSR count). The second-order valence-electron chi connectivity index (χ2n) is 6.21. The predicted octanol–water partition coefficient (Wildman–Crippen LogP) is 3.05. The van der Waals surface area contributed by atoms with E-state index < -0.39 is 0 Å². The SMILES string of the molecule is Cc1cccc(Cc2cnc(NCCSCc3nc[nH]c3C)[nH]c2=O)c1. The zero-order valence-electron chi connectivity index (χ0n) is 15.0. The van der Waals surface area contributed by atoms with Crippen molar-refractivity contribution in [3.05, 3.63) is 75.2 Å². The lowest BCUT2D eigenvalue weighted by Gasteiger charge is -2.07. The Hall–Kier alpha value is -2.54. The smallest absolute Gasteiger partial charge is 0.255 e. The number of hydrogen-bond donors (Lipinski definition) is 3. The number of thioether (sulfide) groups is 1. The molecule has 2 heterocycles. The summed E-state index contributed by atoms with van der Waals surface area (Å²) in [5.74, 6) is 2.29. The zero-order chi connectivity index (χ0) is 18.4. The fraction of sp³-hybridized carbons (Fsp3) is 0.316. The van der Waals surface area contributed by atoms with E-state index in [1.54, 1.807) is 24.3 Å². The van der Waals surface area contributed by atoms with Crippen molar-refractivity contribution in [1.29, 1.82) is 0 Å². The first kappa shape index (κ1) is 18.3. The molecular formula is C19H23N5OS. The van der Waals surface area contributed by atoms with Crippen molar-refractivity contribution in [2.75, 3.05) is 17.6 Å². The molecule has 0 fully saturated rings. The molecule has 3 aromatic rings. The van der Waals surface area contributed by atoms with Gasteiger partial charge in [-0.2, -0.15) is 11.8 Å². The molecule has 7 heteroatoms. The Bertz CT molecular complexity index is 918. The molecule has 0 bridgehead atoms. The van der Waals surface area contributed by atoms with Crippen LogP contribution in [0.5, 0.6) is 0 Å². The lowest BCUT2D eigenvalue weighted by Crippen LogP contribution is -2.18. The summed E-state index contributed by atoms with van der Waals surface area (Å²) >= 11 is 1.79. The fourth-order valence-corrected chi connectivity index (χ4v) is 3.50. The van der Waals surface area contributed by atoms with Crippen molar-refractivity contribution >= 4 is 17.7 Å². The molecular weight excluding hydrogens is 346 g/mol. The molecule has 6 nitrogen and oxygen atoms in total. The van der Waals surface area contributed by atoms with Crippen molar-refractivity contribution in [2.24, 2.45) is 0 Å². The lowest BCUT2D eigenvalue weighted by molar-refractivity contribution is 1.01. The molecule has 0 aliphatic carbocycles. The maximum absolute atomic E-state index is 12.3. The number of rotatable bonds is 8. The third kappa shape index (κ3) is 4.98. The number of aromatic nitrogens is 4. The van der Waals surface area contributed by atoms with Crippen molar-refractivity contribution in [3.63, 3.8) is 0 Å². The third-order valence-corrected chi connectivity index (χ3v) is 5.03. The Labute approximate surface area is 156 Å². The molecule has 136 valence electrons. The fourth-order valence-electron chi connectivity index (χ4n) is 2.62. The third-order valence-electron chi connectivity index (χ3n) is 4.06. The van der Waals surface area contributed by atoms with Crippen LogP contribution in [0, 0.1) is 13.8 Å². The highest BCUT2D eigenvalue weighted by Crippen LogP contribution is 2.12. The van der Waals surface area contributed by atoms with Gasteiger partial charge in [-0.05, 0) is 19.4 Å². The number of aromatic amines is 2. The van der Waals surface area contributed by atoms with E-state index in [0.717, 1.165) is 35.0 Å². The number of aryl methyl sites for hydroxylation is 2. The van der Waals surface area contributed by atoms with Crippen LogP contribution in [0.25, 0.3) is 0 Å². The molecule has 0 radical (unpaired) electrons. The number of anilines is 1. The van der Waals surface area contributed by atoms with E-state index in [-0.39, 0.29) is 5.56 Å². The molecule has 0 atom stereocenters. The van der Waals surface area contributed by atoms with Gasteiger partial charge in [-0.15, -0.1) is 0 Å². The summed E-state index contributed by atoms with van der Waals surface area (Å²) in [5.41, 5.74) is 5.08. The van der Waals surface area contributed by atoms with Crippen molar-refractivity contribution < 1.29 is 0 Å². The van der Waals surface area contributed by atoms with Crippen LogP contribution in [0.15, 0.2) is 41.6 Å². The molecule has 0 aliphatic heterocycles. The van der Waals surface area contributed by atoms with Gasteiger partial charge in [0, 0.05) is 41.9 Å². The highest BCUT2D eigenvalue weighted by atomic mass is 32.2. The zero-order valence-corrected chi connectivity index (χ0v) is 15.8. The topological polar surface area (TPSA) is 86.5 Å². The summed E-state index contributed by atoms with van der Waals surface area (Å²) in [6.07, 6.45) is 3.96. The second-order valence-corrected chi connectivity index (χ2v) is 7.31. The van der Waals surface area contributed by atoms with E-state index in [0.29, 0.717) is 17.9 Å². The second kappa shape index (κ2) is 8.71. The number of H-pyrrole nitrogens is 2. The number of nitrogens with zero attached hydrogens (tertiary/aromatic N) is 2. The van der Waals surface area contributed by atoms with Crippen LogP contribution in [-0.2, 0) is 12.2 Å². The van der Waals surface area contributed by atoms with Crippen LogP contribution in [0.3, 0.4) is 0 Å². The van der Waals surface area contributed by atoms with Crippen molar-refractivity contribution in [1.82, 2.24) is 19.9 Å². The Kier molecular flexibility index (Phi) is 6.12. The van der Waals surface area contributed by atoms with E-state index in [1.807, 2.05) is 32.0 Å². The summed E-state index contributed by atoms with van der Waals surface area (Å²) in [4.78, 5) is 26.8. The van der Waals surface area contributed by atoms with Crippen LogP contribution in [-0.4, -0.2) is 32.2 Å². The lowest BCUT2D eigenvalue weighted by atomic mass is 10.1. The van der Waals surface area contributed by atoms with Gasteiger partial charge < -0.3 is 10.3 Å². The number of hydrogen-bond acceptors (Lipinski definition) is 5. The van der Waals surface area contributed by atoms with Crippen LogP contribution in [0.2, 0.25) is 0 Å². The highest BCUT2D eigenvalue weighted by molar-refractivity contribution is 7.98. The van der Waals surface area contributed by atoms with E-state index in [4.69, 9.17) is 0 Å². The maximum Gasteiger partial charge on any atom is 0.255 e. The Morgan fingerprint density at radius 1 is 1.23 bits per heavy atom. The number of imidazole rings is 1. The Balaban J connectivity index is 1.48. The summed E-state index contributed by atoms with van der Waals surface area (Å²) < 4.78 is 0. The normalized spacial score (nSPS) is 10.8. The summed E-state index contributed by atoms with van der Waals surface area (Å²) in [7, 11) is 0. The van der Waals surface area contributed by atoms with Crippen LogP contribution in [0.1, 0.15) is 28.1 Å². The minimum atomic E-state index is -0.0937. The van der Waals surface area contributed by atoms with E-state index in [1.165, 1.54) is 5.56 Å². The molecule has 0 saturated carbocycles. The van der Waals surface area contributed by atoms with Crippen molar-refractivity contribution in [3.8, 4) is 0 Å². The molecule has 3 N–H and O–H groups in total. The summed E-state index contributed by atoms with van der Waals surface area (Å²) in [6, 6.07) is 8.16. The van der Waals surface area contributed by atoms with E-state index in [2.05, 4.69) is 31.3 Å². The molecule has 2 aromatic heterocycles. The standard InChI is InChI=1S/C19H23N5OS/c1-13-4-3-5-15(8-13)9-16-10-21-19(24-18(16)25)20-6-7-26-11-17-14(2)22-12-23-17/h3-5,8,10,12H,6-7,9,11H2,1-2H3,(H,22,23)(H2,20,21,24,25). The first-order valence-corrected chi connectivity index (χ1v) is 9.71. The minimum absolute atomic E-state index is 0.0937. The highest BCUT2D eigenvalue weighted by Gasteiger charge is 2.05. The molecule has 0 unspecified atom stereocenters. The quantitative estimate of drug-likeness (QED) is 0.531. The molecule has 1 aromatic carbocycles. The number of benzene rings is 1. The first-order valence-electron chi connectivity index (χ1n) is 8.56. The summed E-state index contributed by atoms with van der Waals surface area (Å²) in [6.45, 7) is 4.80. The van der Waals surface area contributed by atoms with Crippen LogP contribution in [0.4, 0.5) is 5.95 Å². The van der Waals surface area contributed by atoms with Gasteiger partial charge in [0.15, 0.2) is 0 Å². The van der Waals surface area contributed by atoms with Gasteiger partial charge in [0.05, 0.1) is 12.0 Å². The average Bonchev–Trinajstić information content (AvgIpc) is 3.02. The largest absolute Gasteiger partial charge is 0.355 e. The molecule has 0 amide bonds. The summed E-state index contributed by atoms with van der Waals surface area (Å²) in [5, 5.41) is 3.16. The van der Waals surface area contributed by atoms with Gasteiger partial charge in [-0.25, -0.2) is 9.97 Å². The first-order chi connectivity index (χ1) is 12.6. The predicted molar refractivity (Wildman–Crippen MR) is 107 cm³/mol. The van der Waals surface area contributed by atoms with E-state index >= 15 is 0 Å². The molecule has 0 aliphatic rings. The molecule has 26 heavy (non-hydrogen) atoms. The molecule has 0 saturated heterocycles. The van der Waals surface area contributed by atoms with E-state index in [9.17, 15) is 4.79 Å². The Morgan fingerprint density at radius 3 is 2.85 bits per heavy atom. The minimum Gasteiger partial charge on any atom is -0.355 e. The molecule has 0 spiro atoms. The van der Waals surface area contributed by atoms with Gasteiger partial charge >= 0.3 is 0 Å². The van der Waals surface area contributed by atoms with Gasteiger partial charge in [0.1, 0.15) is 0 Å². The Morgan fingerprint density at radius 2 is 2.12 bits per heavy atom.